The maximum absolute atomic E-state index is 2.38. The first kappa shape index (κ1) is 29.2. The number of benzene rings is 1. The minimum atomic E-state index is 0.576. The van der Waals surface area contributed by atoms with Crippen LogP contribution in [0, 0.1) is 0 Å². The molecule has 0 radical (unpaired) electrons. The molecule has 0 aliphatic heterocycles. The molecule has 0 saturated carbocycles. The van der Waals surface area contributed by atoms with Crippen LogP contribution in [0.1, 0.15) is 153 Å². The summed E-state index contributed by atoms with van der Waals surface area (Å²) in [4.78, 5) is 2.38. The first-order valence-electron chi connectivity index (χ1n) is 14.5. The molecule has 1 nitrogen and oxygen atoms in total. The smallest absolute Gasteiger partial charge is 0.0342 e. The van der Waals surface area contributed by atoms with Crippen LogP contribution >= 0.6 is 0 Å². The molecule has 0 aliphatic rings. The summed E-state index contributed by atoms with van der Waals surface area (Å²) < 4.78 is 0. The summed E-state index contributed by atoms with van der Waals surface area (Å²) >= 11 is 0. The zero-order valence-electron chi connectivity index (χ0n) is 22.3. The number of hydrogen-bond donors (Lipinski definition) is 0. The third kappa shape index (κ3) is 16.8. The molecule has 32 heavy (non-hydrogen) atoms. The first-order valence-corrected chi connectivity index (χ1v) is 14.5. The van der Waals surface area contributed by atoms with E-state index < -0.39 is 0 Å². The van der Waals surface area contributed by atoms with Crippen molar-refractivity contribution in [1.29, 1.82) is 0 Å². The molecule has 0 spiro atoms. The standard InChI is InChI=1S/C31H57N/c1-4-5-6-7-8-9-10-11-12-13-14-15-16-17-18-19-20-21-22-26-29-31(32(2)3)30-27-24-23-25-28-30/h23-25,27-28,31H,4-22,26,29H2,1-3H3. The lowest BCUT2D eigenvalue weighted by atomic mass is 9.98. The Bertz CT molecular complexity index is 480. The van der Waals surface area contributed by atoms with E-state index in [0.29, 0.717) is 6.04 Å². The molecular weight excluding hydrogens is 386 g/mol. The summed E-state index contributed by atoms with van der Waals surface area (Å²) in [5, 5.41) is 0. The van der Waals surface area contributed by atoms with Gasteiger partial charge < -0.3 is 4.90 Å². The zero-order valence-corrected chi connectivity index (χ0v) is 22.3. The van der Waals surface area contributed by atoms with E-state index in [1.165, 1.54) is 140 Å². The van der Waals surface area contributed by atoms with Crippen molar-refractivity contribution in [2.75, 3.05) is 14.1 Å². The van der Waals surface area contributed by atoms with Gasteiger partial charge >= 0.3 is 0 Å². The summed E-state index contributed by atoms with van der Waals surface area (Å²) in [5.41, 5.74) is 1.47. The lowest BCUT2D eigenvalue weighted by Crippen LogP contribution is -2.19. The van der Waals surface area contributed by atoms with Crippen LogP contribution in [0.3, 0.4) is 0 Å². The monoisotopic (exact) mass is 443 g/mol. The van der Waals surface area contributed by atoms with Crippen LogP contribution in [0.15, 0.2) is 30.3 Å². The normalized spacial score (nSPS) is 12.5. The zero-order chi connectivity index (χ0) is 23.1. The predicted octanol–water partition coefficient (Wildman–Crippen LogP) is 10.5. The van der Waals surface area contributed by atoms with Gasteiger partial charge in [-0.3, -0.25) is 0 Å². The van der Waals surface area contributed by atoms with Gasteiger partial charge in [0.1, 0.15) is 0 Å². The van der Waals surface area contributed by atoms with Gasteiger partial charge in [-0.25, -0.2) is 0 Å². The van der Waals surface area contributed by atoms with Gasteiger partial charge in [-0.1, -0.05) is 166 Å². The van der Waals surface area contributed by atoms with Crippen LogP contribution in [0.4, 0.5) is 0 Å². The van der Waals surface area contributed by atoms with Gasteiger partial charge in [0.25, 0.3) is 0 Å². The van der Waals surface area contributed by atoms with Crippen LogP contribution < -0.4 is 0 Å². The highest BCUT2D eigenvalue weighted by molar-refractivity contribution is 5.18. The fourth-order valence-corrected chi connectivity index (χ4v) is 4.99. The van der Waals surface area contributed by atoms with Crippen molar-refractivity contribution in [3.63, 3.8) is 0 Å². The molecule has 0 fully saturated rings. The molecule has 0 saturated heterocycles. The second-order valence-corrected chi connectivity index (χ2v) is 10.4. The van der Waals surface area contributed by atoms with Gasteiger partial charge in [-0.2, -0.15) is 0 Å². The van der Waals surface area contributed by atoms with Crippen LogP contribution in [-0.4, -0.2) is 19.0 Å². The average Bonchev–Trinajstić information content (AvgIpc) is 2.80. The summed E-state index contributed by atoms with van der Waals surface area (Å²) in [6.45, 7) is 2.30. The van der Waals surface area contributed by atoms with Crippen molar-refractivity contribution in [2.24, 2.45) is 0 Å². The van der Waals surface area contributed by atoms with E-state index in [4.69, 9.17) is 0 Å². The minimum absolute atomic E-state index is 0.576. The van der Waals surface area contributed by atoms with Crippen molar-refractivity contribution in [2.45, 2.75) is 148 Å². The maximum atomic E-state index is 2.38. The van der Waals surface area contributed by atoms with Crippen molar-refractivity contribution in [1.82, 2.24) is 4.90 Å². The number of rotatable bonds is 23. The van der Waals surface area contributed by atoms with E-state index in [1.54, 1.807) is 0 Å². The molecule has 0 aromatic heterocycles. The third-order valence-electron chi connectivity index (χ3n) is 7.14. The Morgan fingerprint density at radius 2 is 0.844 bits per heavy atom. The number of nitrogens with zero attached hydrogens (tertiary/aromatic N) is 1. The molecule has 0 amide bonds. The molecule has 1 rings (SSSR count). The Kier molecular flexibility index (Phi) is 20.1. The molecule has 186 valence electrons. The van der Waals surface area contributed by atoms with Crippen LogP contribution in [0.5, 0.6) is 0 Å². The molecular formula is C31H57N. The molecule has 0 aliphatic carbocycles. The average molecular weight is 444 g/mol. The van der Waals surface area contributed by atoms with Gasteiger partial charge in [0.05, 0.1) is 0 Å². The summed E-state index contributed by atoms with van der Waals surface area (Å²) in [6, 6.07) is 11.6. The molecule has 1 unspecified atom stereocenters. The fourth-order valence-electron chi connectivity index (χ4n) is 4.99. The Labute approximate surface area is 202 Å². The van der Waals surface area contributed by atoms with Crippen LogP contribution in [0.2, 0.25) is 0 Å². The highest BCUT2D eigenvalue weighted by Crippen LogP contribution is 2.24. The summed E-state index contributed by atoms with van der Waals surface area (Å²) in [6.07, 6.45) is 30.3. The topological polar surface area (TPSA) is 3.24 Å². The van der Waals surface area contributed by atoms with Gasteiger partial charge in [-0.05, 0) is 26.1 Å². The van der Waals surface area contributed by atoms with E-state index in [0.717, 1.165) is 0 Å². The molecule has 0 bridgehead atoms. The third-order valence-corrected chi connectivity index (χ3v) is 7.14. The number of hydrogen-bond acceptors (Lipinski definition) is 1. The molecule has 1 aromatic carbocycles. The van der Waals surface area contributed by atoms with Crippen molar-refractivity contribution >= 4 is 0 Å². The Morgan fingerprint density at radius 1 is 0.500 bits per heavy atom. The van der Waals surface area contributed by atoms with E-state index in [-0.39, 0.29) is 0 Å². The van der Waals surface area contributed by atoms with E-state index in [2.05, 4.69) is 56.3 Å². The van der Waals surface area contributed by atoms with Crippen molar-refractivity contribution in [3.8, 4) is 0 Å². The largest absolute Gasteiger partial charge is 0.302 e. The number of unbranched alkanes of at least 4 members (excludes halogenated alkanes) is 19. The lowest BCUT2D eigenvalue weighted by molar-refractivity contribution is 0.276. The second kappa shape index (κ2) is 22.0. The fraction of sp³-hybridized carbons (Fsp3) is 0.806. The highest BCUT2D eigenvalue weighted by Gasteiger charge is 2.12. The Hall–Kier alpha value is -0.820. The maximum Gasteiger partial charge on any atom is 0.0342 e. The Balaban J connectivity index is 1.80. The van der Waals surface area contributed by atoms with Crippen molar-refractivity contribution in [3.05, 3.63) is 35.9 Å². The van der Waals surface area contributed by atoms with Gasteiger partial charge in [0.15, 0.2) is 0 Å². The van der Waals surface area contributed by atoms with Crippen LogP contribution in [-0.2, 0) is 0 Å². The molecule has 1 heteroatoms. The van der Waals surface area contributed by atoms with Gasteiger partial charge in [-0.15, -0.1) is 0 Å². The summed E-state index contributed by atoms with van der Waals surface area (Å²) in [5.74, 6) is 0. The molecule has 0 heterocycles. The second-order valence-electron chi connectivity index (χ2n) is 10.4. The van der Waals surface area contributed by atoms with E-state index >= 15 is 0 Å². The highest BCUT2D eigenvalue weighted by atomic mass is 15.1. The lowest BCUT2D eigenvalue weighted by Gasteiger charge is -2.24. The van der Waals surface area contributed by atoms with E-state index in [1.807, 2.05) is 0 Å². The van der Waals surface area contributed by atoms with Crippen LogP contribution in [0.25, 0.3) is 0 Å². The minimum Gasteiger partial charge on any atom is -0.302 e. The summed E-state index contributed by atoms with van der Waals surface area (Å²) in [7, 11) is 4.43. The first-order chi connectivity index (χ1) is 15.8. The molecule has 1 atom stereocenters. The Morgan fingerprint density at radius 3 is 1.19 bits per heavy atom. The quantitative estimate of drug-likeness (QED) is 0.152. The van der Waals surface area contributed by atoms with Crippen molar-refractivity contribution < 1.29 is 0 Å². The predicted molar refractivity (Wildman–Crippen MR) is 146 cm³/mol. The molecule has 1 aromatic rings. The van der Waals surface area contributed by atoms with Gasteiger partial charge in [0, 0.05) is 6.04 Å². The SMILES string of the molecule is CCCCCCCCCCCCCCCCCCCCCCC(c1ccccc1)N(C)C. The molecule has 0 N–H and O–H groups in total. The van der Waals surface area contributed by atoms with Gasteiger partial charge in [0.2, 0.25) is 0 Å². The van der Waals surface area contributed by atoms with E-state index in [9.17, 15) is 0 Å².